The van der Waals surface area contributed by atoms with Crippen molar-refractivity contribution >= 4 is 17.5 Å². The van der Waals surface area contributed by atoms with E-state index in [0.29, 0.717) is 30.8 Å². The number of hydrogen-bond acceptors (Lipinski definition) is 5. The number of fused-ring (bicyclic) bond motifs is 1. The van der Waals surface area contributed by atoms with Crippen LogP contribution in [-0.2, 0) is 30.8 Å². The number of hydrogen-bond donors (Lipinski definition) is 4. The number of amides is 1. The highest BCUT2D eigenvalue weighted by Gasteiger charge is 2.27. The van der Waals surface area contributed by atoms with Gasteiger partial charge < -0.3 is 20.2 Å². The molecule has 3 aromatic rings. The summed E-state index contributed by atoms with van der Waals surface area (Å²) in [4.78, 5) is 14.6. The van der Waals surface area contributed by atoms with Gasteiger partial charge in [0.05, 0.1) is 18.1 Å². The molecule has 1 aromatic heterocycles. The Morgan fingerprint density at radius 1 is 1.14 bits per heavy atom. The molecular weight excluding hydrogens is 394 g/mol. The van der Waals surface area contributed by atoms with E-state index in [9.17, 15) is 15.0 Å². The Kier molecular flexibility index (Phi) is 5.17. The molecule has 0 radical (unpaired) electrons. The largest absolute Gasteiger partial charge is 0.507 e. The van der Waals surface area contributed by atoms with Gasteiger partial charge in [0.2, 0.25) is 5.91 Å². The molecule has 0 atom stereocenters. The first-order valence-electron chi connectivity index (χ1n) is 9.20. The van der Waals surface area contributed by atoms with E-state index < -0.39 is 0 Å². The number of phenols is 2. The minimum Gasteiger partial charge on any atom is -0.507 e. The Bertz CT molecular complexity index is 1060. The number of aromatic amines is 1. The third kappa shape index (κ3) is 3.79. The number of carbonyl (C=O) groups is 1. The molecule has 4 rings (SSSR count). The second-order valence-corrected chi connectivity index (χ2v) is 7.47. The second kappa shape index (κ2) is 7.77. The monoisotopic (exact) mass is 413 g/mol. The first-order chi connectivity index (χ1) is 14.0. The highest BCUT2D eigenvalue weighted by molar-refractivity contribution is 6.32. The standard InChI is InChI=1S/C21H20ClN3O4/c22-16-8-14(18(27)9-19(16)28)21-15-10-25(6-5-17(15)23-24-21)20(29)7-12-1-3-13(11-26)4-2-12/h1-4,8-9,26-28H,5-7,10-11H2,(H,23,24). The number of phenolic OH excluding ortho intramolecular Hbond substituents is 2. The summed E-state index contributed by atoms with van der Waals surface area (Å²) in [5.74, 6) is -0.345. The maximum absolute atomic E-state index is 12.8. The average molecular weight is 414 g/mol. The van der Waals surface area contributed by atoms with Crippen LogP contribution < -0.4 is 0 Å². The number of aliphatic hydroxyl groups excluding tert-OH is 1. The Labute approximate surface area is 172 Å². The molecule has 150 valence electrons. The van der Waals surface area contributed by atoms with Gasteiger partial charge in [0.25, 0.3) is 0 Å². The molecule has 0 saturated heterocycles. The highest BCUT2D eigenvalue weighted by atomic mass is 35.5. The lowest BCUT2D eigenvalue weighted by Crippen LogP contribution is -2.36. The average Bonchev–Trinajstić information content (AvgIpc) is 3.14. The molecule has 2 aromatic carbocycles. The highest BCUT2D eigenvalue weighted by Crippen LogP contribution is 2.39. The molecule has 0 bridgehead atoms. The van der Waals surface area contributed by atoms with Gasteiger partial charge in [0, 0.05) is 42.4 Å². The summed E-state index contributed by atoms with van der Waals surface area (Å²) in [6, 6.07) is 9.95. The van der Waals surface area contributed by atoms with Gasteiger partial charge >= 0.3 is 0 Å². The Morgan fingerprint density at radius 2 is 1.86 bits per heavy atom. The van der Waals surface area contributed by atoms with Crippen molar-refractivity contribution in [2.45, 2.75) is 26.0 Å². The van der Waals surface area contributed by atoms with Crippen molar-refractivity contribution in [3.8, 4) is 22.8 Å². The molecule has 0 saturated carbocycles. The van der Waals surface area contributed by atoms with Crippen molar-refractivity contribution in [3.63, 3.8) is 0 Å². The van der Waals surface area contributed by atoms with Crippen LogP contribution in [0.4, 0.5) is 0 Å². The predicted molar refractivity (Wildman–Crippen MR) is 108 cm³/mol. The molecule has 2 heterocycles. The fourth-order valence-electron chi connectivity index (χ4n) is 3.52. The lowest BCUT2D eigenvalue weighted by atomic mass is 9.99. The zero-order valence-corrected chi connectivity index (χ0v) is 16.3. The Balaban J connectivity index is 1.56. The van der Waals surface area contributed by atoms with E-state index in [2.05, 4.69) is 10.2 Å². The molecule has 7 nitrogen and oxygen atoms in total. The molecule has 0 fully saturated rings. The molecule has 1 amide bonds. The quantitative estimate of drug-likeness (QED) is 0.525. The lowest BCUT2D eigenvalue weighted by Gasteiger charge is -2.27. The predicted octanol–water partition coefficient (Wildman–Crippen LogP) is 2.76. The number of carbonyl (C=O) groups excluding carboxylic acids is 1. The number of benzene rings is 2. The maximum Gasteiger partial charge on any atom is 0.227 e. The summed E-state index contributed by atoms with van der Waals surface area (Å²) in [5, 5.41) is 36.4. The number of aliphatic hydroxyl groups is 1. The third-order valence-electron chi connectivity index (χ3n) is 5.17. The van der Waals surface area contributed by atoms with Crippen molar-refractivity contribution in [1.82, 2.24) is 15.1 Å². The lowest BCUT2D eigenvalue weighted by molar-refractivity contribution is -0.131. The van der Waals surface area contributed by atoms with Gasteiger partial charge in [-0.1, -0.05) is 35.9 Å². The molecule has 1 aliphatic rings. The van der Waals surface area contributed by atoms with E-state index in [1.165, 1.54) is 12.1 Å². The summed E-state index contributed by atoms with van der Waals surface area (Å²) in [5.41, 5.74) is 4.35. The van der Waals surface area contributed by atoms with Crippen molar-refractivity contribution in [1.29, 1.82) is 0 Å². The summed E-state index contributed by atoms with van der Waals surface area (Å²) in [6.45, 7) is 0.914. The van der Waals surface area contributed by atoms with Gasteiger partial charge in [-0.15, -0.1) is 0 Å². The van der Waals surface area contributed by atoms with E-state index in [1.54, 1.807) is 4.90 Å². The minimum atomic E-state index is -0.207. The van der Waals surface area contributed by atoms with Gasteiger partial charge in [-0.25, -0.2) is 0 Å². The first kappa shape index (κ1) is 19.3. The normalized spacial score (nSPS) is 13.4. The zero-order chi connectivity index (χ0) is 20.5. The number of H-pyrrole nitrogens is 1. The van der Waals surface area contributed by atoms with Gasteiger partial charge in [0.1, 0.15) is 17.2 Å². The molecule has 1 aliphatic heterocycles. The van der Waals surface area contributed by atoms with Crippen LogP contribution in [0.25, 0.3) is 11.3 Å². The van der Waals surface area contributed by atoms with Crippen LogP contribution in [0.2, 0.25) is 5.02 Å². The molecule has 0 spiro atoms. The molecule has 8 heteroatoms. The molecule has 0 aliphatic carbocycles. The molecule has 29 heavy (non-hydrogen) atoms. The van der Waals surface area contributed by atoms with Crippen molar-refractivity contribution in [3.05, 3.63) is 63.8 Å². The molecule has 0 unspecified atom stereocenters. The Hall–Kier alpha value is -3.03. The molecule has 4 N–H and O–H groups in total. The number of aromatic nitrogens is 2. The summed E-state index contributed by atoms with van der Waals surface area (Å²) in [6.07, 6.45) is 0.897. The van der Waals surface area contributed by atoms with Crippen LogP contribution in [0.5, 0.6) is 11.5 Å². The fraction of sp³-hybridized carbons (Fsp3) is 0.238. The van der Waals surface area contributed by atoms with Gasteiger partial charge in [0.15, 0.2) is 0 Å². The number of nitrogens with zero attached hydrogens (tertiary/aromatic N) is 2. The number of rotatable bonds is 4. The fourth-order valence-corrected chi connectivity index (χ4v) is 3.68. The van der Waals surface area contributed by atoms with Crippen molar-refractivity contribution in [2.75, 3.05) is 6.54 Å². The van der Waals surface area contributed by atoms with E-state index in [4.69, 9.17) is 16.7 Å². The second-order valence-electron chi connectivity index (χ2n) is 7.07. The third-order valence-corrected chi connectivity index (χ3v) is 5.47. The van der Waals surface area contributed by atoms with Crippen LogP contribution in [0.15, 0.2) is 36.4 Å². The van der Waals surface area contributed by atoms with Crippen LogP contribution in [-0.4, -0.2) is 42.9 Å². The van der Waals surface area contributed by atoms with E-state index in [1.807, 2.05) is 24.3 Å². The zero-order valence-electron chi connectivity index (χ0n) is 15.5. The van der Waals surface area contributed by atoms with E-state index >= 15 is 0 Å². The van der Waals surface area contributed by atoms with Crippen LogP contribution in [0.1, 0.15) is 22.4 Å². The van der Waals surface area contributed by atoms with Crippen molar-refractivity contribution < 1.29 is 20.1 Å². The van der Waals surface area contributed by atoms with E-state index in [0.717, 1.165) is 22.4 Å². The van der Waals surface area contributed by atoms with Gasteiger partial charge in [-0.05, 0) is 17.2 Å². The smallest absolute Gasteiger partial charge is 0.227 e. The number of halogens is 1. The maximum atomic E-state index is 12.8. The molecular formula is C21H20ClN3O4. The SMILES string of the molecule is O=C(Cc1ccc(CO)cc1)N1CCc2[nH]nc(-c3cc(Cl)c(O)cc3O)c2C1. The number of aromatic hydroxyl groups is 2. The van der Waals surface area contributed by atoms with E-state index in [-0.39, 0.29) is 35.5 Å². The Morgan fingerprint density at radius 3 is 2.59 bits per heavy atom. The topological polar surface area (TPSA) is 110 Å². The van der Waals surface area contributed by atoms with Gasteiger partial charge in [-0.3, -0.25) is 9.89 Å². The van der Waals surface area contributed by atoms with Crippen molar-refractivity contribution in [2.24, 2.45) is 0 Å². The summed E-state index contributed by atoms with van der Waals surface area (Å²) in [7, 11) is 0. The van der Waals surface area contributed by atoms with Crippen LogP contribution >= 0.6 is 11.6 Å². The van der Waals surface area contributed by atoms with Crippen LogP contribution in [0.3, 0.4) is 0 Å². The van der Waals surface area contributed by atoms with Crippen LogP contribution in [0, 0.1) is 0 Å². The summed E-state index contributed by atoms with van der Waals surface area (Å²) < 4.78 is 0. The van der Waals surface area contributed by atoms with Gasteiger partial charge in [-0.2, -0.15) is 5.10 Å². The first-order valence-corrected chi connectivity index (χ1v) is 9.58. The minimum absolute atomic E-state index is 0.00694. The number of nitrogens with one attached hydrogen (secondary N) is 1. The summed E-state index contributed by atoms with van der Waals surface area (Å²) >= 11 is 6.00.